The van der Waals surface area contributed by atoms with Gasteiger partial charge in [0, 0.05) is 46.4 Å². The number of hydrogen-bond donors (Lipinski definition) is 2. The fourth-order valence-corrected chi connectivity index (χ4v) is 4.30. The SMILES string of the molecule is CN=C(NCC1CCN(Cc2nc(C)c(C)o2)CC1)NC1CCN(CCOC)CC1.I. The molecule has 0 atom stereocenters. The van der Waals surface area contributed by atoms with Crippen LogP contribution in [0.3, 0.4) is 0 Å². The van der Waals surface area contributed by atoms with Crippen LogP contribution in [-0.2, 0) is 11.3 Å². The van der Waals surface area contributed by atoms with Gasteiger partial charge in [0.15, 0.2) is 5.96 Å². The third-order valence-corrected chi connectivity index (χ3v) is 6.46. The van der Waals surface area contributed by atoms with Crippen molar-refractivity contribution in [3.8, 4) is 0 Å². The molecule has 2 aliphatic rings. The lowest BCUT2D eigenvalue weighted by molar-refractivity contribution is 0.128. The van der Waals surface area contributed by atoms with Crippen LogP contribution in [0.1, 0.15) is 43.0 Å². The number of likely N-dealkylation sites (tertiary alicyclic amines) is 2. The lowest BCUT2D eigenvalue weighted by atomic mass is 9.97. The van der Waals surface area contributed by atoms with Crippen molar-refractivity contribution in [2.24, 2.45) is 10.9 Å². The van der Waals surface area contributed by atoms with E-state index in [9.17, 15) is 0 Å². The molecule has 0 unspecified atom stereocenters. The Bertz CT molecular complexity index is 647. The number of methoxy groups -OCH3 is 1. The molecule has 3 rings (SSSR count). The summed E-state index contributed by atoms with van der Waals surface area (Å²) in [5, 5.41) is 7.18. The third-order valence-electron chi connectivity index (χ3n) is 6.46. The van der Waals surface area contributed by atoms with Crippen LogP contribution < -0.4 is 10.6 Å². The van der Waals surface area contributed by atoms with E-state index in [4.69, 9.17) is 9.15 Å². The Morgan fingerprint density at radius 2 is 1.81 bits per heavy atom. The van der Waals surface area contributed by atoms with Gasteiger partial charge in [-0.25, -0.2) is 4.98 Å². The topological polar surface area (TPSA) is 78.2 Å². The summed E-state index contributed by atoms with van der Waals surface area (Å²) >= 11 is 0. The zero-order valence-electron chi connectivity index (χ0n) is 19.7. The minimum absolute atomic E-state index is 0. The first-order valence-corrected chi connectivity index (χ1v) is 11.4. The number of aromatic nitrogens is 1. The average Bonchev–Trinajstić information content (AvgIpc) is 3.08. The summed E-state index contributed by atoms with van der Waals surface area (Å²) in [5.74, 6) is 3.41. The molecule has 1 aromatic rings. The van der Waals surface area contributed by atoms with Gasteiger partial charge in [-0.3, -0.25) is 9.89 Å². The minimum atomic E-state index is 0. The molecule has 2 saturated heterocycles. The number of oxazole rings is 1. The van der Waals surface area contributed by atoms with Crippen molar-refractivity contribution in [3.05, 3.63) is 17.3 Å². The van der Waals surface area contributed by atoms with Crippen LogP contribution in [0.25, 0.3) is 0 Å². The Morgan fingerprint density at radius 3 is 2.39 bits per heavy atom. The fraction of sp³-hybridized carbons (Fsp3) is 0.818. The van der Waals surface area contributed by atoms with Crippen LogP contribution in [0.15, 0.2) is 9.41 Å². The summed E-state index contributed by atoms with van der Waals surface area (Å²) < 4.78 is 10.9. The number of ether oxygens (including phenoxy) is 1. The Labute approximate surface area is 204 Å². The van der Waals surface area contributed by atoms with Crippen LogP contribution in [0.4, 0.5) is 0 Å². The molecule has 31 heavy (non-hydrogen) atoms. The van der Waals surface area contributed by atoms with Crippen LogP contribution in [0.2, 0.25) is 0 Å². The molecule has 0 aromatic carbocycles. The molecule has 2 N–H and O–H groups in total. The molecule has 0 spiro atoms. The molecular formula is C22H41IN6O2. The number of halogens is 1. The number of piperidine rings is 2. The first kappa shape index (κ1) is 26.3. The van der Waals surface area contributed by atoms with Crippen molar-refractivity contribution < 1.29 is 9.15 Å². The second kappa shape index (κ2) is 13.6. The molecule has 0 aliphatic carbocycles. The highest BCUT2D eigenvalue weighted by Crippen LogP contribution is 2.19. The zero-order valence-corrected chi connectivity index (χ0v) is 22.0. The molecule has 8 nitrogen and oxygen atoms in total. The largest absolute Gasteiger partial charge is 0.444 e. The number of rotatable bonds is 8. The number of nitrogens with zero attached hydrogens (tertiary/aromatic N) is 4. The second-order valence-corrected chi connectivity index (χ2v) is 8.67. The molecule has 9 heteroatoms. The lowest BCUT2D eigenvalue weighted by Crippen LogP contribution is -2.50. The molecule has 2 fully saturated rings. The Hall–Kier alpha value is -0.910. The van der Waals surface area contributed by atoms with Gasteiger partial charge < -0.3 is 24.7 Å². The van der Waals surface area contributed by atoms with Gasteiger partial charge in [-0.2, -0.15) is 0 Å². The Morgan fingerprint density at radius 1 is 1.13 bits per heavy atom. The predicted molar refractivity (Wildman–Crippen MR) is 135 cm³/mol. The van der Waals surface area contributed by atoms with Crippen LogP contribution in [0, 0.1) is 19.8 Å². The van der Waals surface area contributed by atoms with Crippen LogP contribution in [0.5, 0.6) is 0 Å². The maximum atomic E-state index is 5.74. The first-order chi connectivity index (χ1) is 14.6. The van der Waals surface area contributed by atoms with E-state index in [1.807, 2.05) is 20.9 Å². The summed E-state index contributed by atoms with van der Waals surface area (Å²) in [6.07, 6.45) is 4.70. The maximum Gasteiger partial charge on any atom is 0.208 e. The van der Waals surface area contributed by atoms with E-state index in [0.717, 1.165) is 88.6 Å². The molecule has 0 radical (unpaired) electrons. The van der Waals surface area contributed by atoms with E-state index in [1.165, 1.54) is 12.8 Å². The van der Waals surface area contributed by atoms with Gasteiger partial charge in [-0.15, -0.1) is 24.0 Å². The normalized spacial score (nSPS) is 19.9. The molecule has 0 amide bonds. The number of aryl methyl sites for hydroxylation is 2. The molecule has 1 aromatic heterocycles. The zero-order chi connectivity index (χ0) is 21.3. The van der Waals surface area contributed by atoms with Gasteiger partial charge in [0.05, 0.1) is 18.8 Å². The fourth-order valence-electron chi connectivity index (χ4n) is 4.30. The summed E-state index contributed by atoms with van der Waals surface area (Å²) in [4.78, 5) is 13.9. The summed E-state index contributed by atoms with van der Waals surface area (Å²) in [6.45, 7) is 12.1. The van der Waals surface area contributed by atoms with E-state index >= 15 is 0 Å². The van der Waals surface area contributed by atoms with Crippen LogP contribution in [-0.4, -0.2) is 86.8 Å². The van der Waals surface area contributed by atoms with E-state index in [1.54, 1.807) is 7.11 Å². The van der Waals surface area contributed by atoms with Crippen molar-refractivity contribution in [3.63, 3.8) is 0 Å². The number of hydrogen-bond acceptors (Lipinski definition) is 6. The van der Waals surface area contributed by atoms with Crippen molar-refractivity contribution in [1.29, 1.82) is 0 Å². The van der Waals surface area contributed by atoms with Crippen LogP contribution >= 0.6 is 24.0 Å². The van der Waals surface area contributed by atoms with Gasteiger partial charge in [0.1, 0.15) is 5.76 Å². The standard InChI is InChI=1S/C22H40N6O2.HI/c1-17-18(2)30-21(25-17)16-28-9-5-19(6-10-28)15-24-22(23-3)26-20-7-11-27(12-8-20)13-14-29-4;/h19-20H,5-16H2,1-4H3,(H2,23,24,26);1H. The van der Waals surface area contributed by atoms with Gasteiger partial charge in [0.2, 0.25) is 5.89 Å². The van der Waals surface area contributed by atoms with Crippen molar-refractivity contribution >= 4 is 29.9 Å². The number of guanidine groups is 1. The lowest BCUT2D eigenvalue weighted by Gasteiger charge is -2.34. The Kier molecular flexibility index (Phi) is 11.6. The summed E-state index contributed by atoms with van der Waals surface area (Å²) in [7, 11) is 3.64. The smallest absolute Gasteiger partial charge is 0.208 e. The van der Waals surface area contributed by atoms with Crippen molar-refractivity contribution in [2.45, 2.75) is 52.1 Å². The highest BCUT2D eigenvalue weighted by molar-refractivity contribution is 14.0. The van der Waals surface area contributed by atoms with Crippen molar-refractivity contribution in [1.82, 2.24) is 25.4 Å². The highest BCUT2D eigenvalue weighted by atomic mass is 127. The quantitative estimate of drug-likeness (QED) is 0.294. The third kappa shape index (κ3) is 8.51. The van der Waals surface area contributed by atoms with E-state index in [0.29, 0.717) is 12.0 Å². The molecule has 2 aliphatic heterocycles. The predicted octanol–water partition coefficient (Wildman–Crippen LogP) is 2.40. The number of nitrogens with one attached hydrogen (secondary N) is 2. The van der Waals surface area contributed by atoms with Gasteiger partial charge in [0.25, 0.3) is 0 Å². The van der Waals surface area contributed by atoms with Gasteiger partial charge >= 0.3 is 0 Å². The van der Waals surface area contributed by atoms with Gasteiger partial charge in [-0.05, 0) is 58.5 Å². The monoisotopic (exact) mass is 548 g/mol. The highest BCUT2D eigenvalue weighted by Gasteiger charge is 2.22. The minimum Gasteiger partial charge on any atom is -0.444 e. The first-order valence-electron chi connectivity index (χ1n) is 11.4. The van der Waals surface area contributed by atoms with E-state index in [2.05, 4.69) is 30.4 Å². The van der Waals surface area contributed by atoms with Gasteiger partial charge in [-0.1, -0.05) is 0 Å². The Balaban J connectivity index is 0.00000341. The molecular weight excluding hydrogens is 507 g/mol. The molecule has 178 valence electrons. The van der Waals surface area contributed by atoms with E-state index in [-0.39, 0.29) is 24.0 Å². The summed E-state index contributed by atoms with van der Waals surface area (Å²) in [6, 6.07) is 0.504. The molecule has 3 heterocycles. The van der Waals surface area contributed by atoms with Crippen molar-refractivity contribution in [2.75, 3.05) is 60.0 Å². The maximum absolute atomic E-state index is 5.74. The van der Waals surface area contributed by atoms with E-state index < -0.39 is 0 Å². The summed E-state index contributed by atoms with van der Waals surface area (Å²) in [5.41, 5.74) is 1.00. The molecule has 0 bridgehead atoms. The molecule has 0 saturated carbocycles. The average molecular weight is 549 g/mol. The second-order valence-electron chi connectivity index (χ2n) is 8.67. The number of aliphatic imine (C=N–C) groups is 1.